The van der Waals surface area contributed by atoms with Crippen LogP contribution in [-0.2, 0) is 6.54 Å². The quantitative estimate of drug-likeness (QED) is 0.472. The van der Waals surface area contributed by atoms with Gasteiger partial charge in [-0.25, -0.2) is 9.67 Å². The van der Waals surface area contributed by atoms with Crippen LogP contribution in [0.4, 0.5) is 11.5 Å². The molecule has 1 aromatic carbocycles. The molecular weight excluding hydrogens is 380 g/mol. The summed E-state index contributed by atoms with van der Waals surface area (Å²) in [5.41, 5.74) is 2.42. The molecule has 0 saturated carbocycles. The summed E-state index contributed by atoms with van der Waals surface area (Å²) in [4.78, 5) is 10.0. The van der Waals surface area contributed by atoms with E-state index in [1.165, 1.54) is 9.58 Å². The number of halogens is 1. The van der Waals surface area contributed by atoms with Gasteiger partial charge < -0.3 is 5.32 Å². The van der Waals surface area contributed by atoms with Gasteiger partial charge >= 0.3 is 0 Å². The van der Waals surface area contributed by atoms with Crippen LogP contribution in [0.1, 0.15) is 4.88 Å². The van der Waals surface area contributed by atoms with Crippen LogP contribution in [0.3, 0.4) is 0 Å². The van der Waals surface area contributed by atoms with E-state index in [1.54, 1.807) is 11.3 Å². The number of aromatic nitrogens is 5. The molecule has 5 aromatic rings. The Labute approximate surface area is 163 Å². The number of rotatable bonds is 4. The Hall–Kier alpha value is -3.03. The van der Waals surface area contributed by atoms with Crippen molar-refractivity contribution in [2.24, 2.45) is 0 Å². The Morgan fingerprint density at radius 1 is 1.07 bits per heavy atom. The molecule has 8 heteroatoms. The molecule has 0 spiro atoms. The highest BCUT2D eigenvalue weighted by Gasteiger charge is 2.10. The lowest BCUT2D eigenvalue weighted by Crippen LogP contribution is -2.02. The molecule has 0 amide bonds. The van der Waals surface area contributed by atoms with Crippen LogP contribution in [-0.4, -0.2) is 25.0 Å². The second-order valence-corrected chi connectivity index (χ2v) is 7.65. The van der Waals surface area contributed by atoms with Crippen molar-refractivity contribution >= 4 is 55.7 Å². The third kappa shape index (κ3) is 3.22. The van der Waals surface area contributed by atoms with Crippen LogP contribution in [0.15, 0.2) is 60.9 Å². The summed E-state index contributed by atoms with van der Waals surface area (Å²) in [5, 5.41) is 13.6. The van der Waals surface area contributed by atoms with Gasteiger partial charge in [0.25, 0.3) is 0 Å². The molecule has 0 aliphatic rings. The van der Waals surface area contributed by atoms with Crippen molar-refractivity contribution in [1.82, 2.24) is 25.0 Å². The maximum Gasteiger partial charge on any atom is 0.180 e. The summed E-state index contributed by atoms with van der Waals surface area (Å²) in [6, 6.07) is 15.5. The van der Waals surface area contributed by atoms with Crippen LogP contribution in [0.2, 0.25) is 5.02 Å². The highest BCUT2D eigenvalue weighted by Crippen LogP contribution is 2.26. The lowest BCUT2D eigenvalue weighted by atomic mass is 10.3. The average Bonchev–Trinajstić information content (AvgIpc) is 3.27. The summed E-state index contributed by atoms with van der Waals surface area (Å²) in [7, 11) is 0. The number of thiophene rings is 1. The minimum absolute atomic E-state index is 0.618. The standard InChI is InChI=1S/C19H13ClN6S/c20-13-1-3-14(4-2-13)22-18-6-5-16-19(23-18)26(25-24-16)11-15-9-12-10-21-8-7-17(12)27-15/h1-10H,11H2,(H,22,23). The number of pyridine rings is 2. The SMILES string of the molecule is Clc1ccc(Nc2ccc3nnn(Cc4cc5cnccc5s4)c3n2)cc1. The van der Waals surface area contributed by atoms with Crippen molar-refractivity contribution in [1.29, 1.82) is 0 Å². The predicted octanol–water partition coefficient (Wildman–Crippen LogP) is 4.88. The number of anilines is 2. The van der Waals surface area contributed by atoms with Gasteiger partial charge in [-0.2, -0.15) is 0 Å². The molecule has 27 heavy (non-hydrogen) atoms. The third-order valence-electron chi connectivity index (χ3n) is 4.15. The van der Waals surface area contributed by atoms with E-state index in [1.807, 2.05) is 59.5 Å². The smallest absolute Gasteiger partial charge is 0.180 e. The van der Waals surface area contributed by atoms with Crippen molar-refractivity contribution in [3.8, 4) is 0 Å². The van der Waals surface area contributed by atoms with Crippen molar-refractivity contribution in [2.75, 3.05) is 5.32 Å². The van der Waals surface area contributed by atoms with Crippen molar-refractivity contribution in [3.63, 3.8) is 0 Å². The second kappa shape index (κ2) is 6.61. The largest absolute Gasteiger partial charge is 0.340 e. The van der Waals surface area contributed by atoms with Gasteiger partial charge in [0.2, 0.25) is 0 Å². The molecule has 0 aliphatic carbocycles. The maximum atomic E-state index is 5.94. The Morgan fingerprint density at radius 3 is 2.81 bits per heavy atom. The number of hydrogen-bond acceptors (Lipinski definition) is 6. The second-order valence-electron chi connectivity index (χ2n) is 6.04. The van der Waals surface area contributed by atoms with Crippen LogP contribution < -0.4 is 5.32 Å². The predicted molar refractivity (Wildman–Crippen MR) is 109 cm³/mol. The van der Waals surface area contributed by atoms with Gasteiger partial charge in [-0.1, -0.05) is 16.8 Å². The molecule has 4 heterocycles. The van der Waals surface area contributed by atoms with E-state index < -0.39 is 0 Å². The Bertz CT molecular complexity index is 1210. The molecular formula is C19H13ClN6S. The van der Waals surface area contributed by atoms with Gasteiger partial charge in [0, 0.05) is 38.1 Å². The third-order valence-corrected chi connectivity index (χ3v) is 5.50. The molecule has 132 valence electrons. The zero-order valence-electron chi connectivity index (χ0n) is 14.0. The summed E-state index contributed by atoms with van der Waals surface area (Å²) in [6.07, 6.45) is 3.69. The zero-order chi connectivity index (χ0) is 18.2. The molecule has 0 fully saturated rings. The monoisotopic (exact) mass is 392 g/mol. The first-order valence-electron chi connectivity index (χ1n) is 8.30. The Morgan fingerprint density at radius 2 is 1.96 bits per heavy atom. The minimum atomic E-state index is 0.618. The minimum Gasteiger partial charge on any atom is -0.340 e. The van der Waals surface area contributed by atoms with Crippen LogP contribution in [0.25, 0.3) is 21.3 Å². The van der Waals surface area contributed by atoms with Gasteiger partial charge in [-0.05, 0) is 48.5 Å². The van der Waals surface area contributed by atoms with Crippen LogP contribution in [0.5, 0.6) is 0 Å². The Kier molecular flexibility index (Phi) is 3.95. The van der Waals surface area contributed by atoms with Gasteiger partial charge in [0.1, 0.15) is 11.3 Å². The normalized spacial score (nSPS) is 11.3. The van der Waals surface area contributed by atoms with E-state index in [2.05, 4.69) is 31.7 Å². The highest BCUT2D eigenvalue weighted by atomic mass is 35.5. The van der Waals surface area contributed by atoms with Crippen molar-refractivity contribution in [2.45, 2.75) is 6.54 Å². The summed E-state index contributed by atoms with van der Waals surface area (Å²) in [6.45, 7) is 0.618. The van der Waals surface area contributed by atoms with E-state index in [4.69, 9.17) is 11.6 Å². The van der Waals surface area contributed by atoms with Crippen molar-refractivity contribution < 1.29 is 0 Å². The number of fused-ring (bicyclic) bond motifs is 2. The van der Waals surface area contributed by atoms with Gasteiger partial charge in [-0.3, -0.25) is 4.98 Å². The fraction of sp³-hybridized carbons (Fsp3) is 0.0526. The lowest BCUT2D eigenvalue weighted by molar-refractivity contribution is 0.671. The first-order chi connectivity index (χ1) is 13.2. The van der Waals surface area contributed by atoms with Gasteiger partial charge in [0.05, 0.1) is 6.54 Å². The first-order valence-corrected chi connectivity index (χ1v) is 9.49. The molecule has 0 atom stereocenters. The molecule has 1 N–H and O–H groups in total. The molecule has 6 nitrogen and oxygen atoms in total. The number of nitrogens with zero attached hydrogens (tertiary/aromatic N) is 5. The fourth-order valence-electron chi connectivity index (χ4n) is 2.88. The molecule has 0 unspecified atom stereocenters. The number of hydrogen-bond donors (Lipinski definition) is 1. The Balaban J connectivity index is 1.46. The molecule has 5 rings (SSSR count). The number of nitrogens with one attached hydrogen (secondary N) is 1. The summed E-state index contributed by atoms with van der Waals surface area (Å²) < 4.78 is 3.03. The van der Waals surface area contributed by atoms with E-state index in [0.717, 1.165) is 28.1 Å². The average molecular weight is 393 g/mol. The van der Waals surface area contributed by atoms with E-state index in [9.17, 15) is 0 Å². The fourth-order valence-corrected chi connectivity index (χ4v) is 4.02. The number of benzene rings is 1. The lowest BCUT2D eigenvalue weighted by Gasteiger charge is -2.06. The van der Waals surface area contributed by atoms with Crippen LogP contribution in [0, 0.1) is 0 Å². The molecule has 4 aromatic heterocycles. The van der Waals surface area contributed by atoms with E-state index in [-0.39, 0.29) is 0 Å². The van der Waals surface area contributed by atoms with Gasteiger partial charge in [-0.15, -0.1) is 16.4 Å². The van der Waals surface area contributed by atoms with E-state index in [0.29, 0.717) is 11.6 Å². The first kappa shape index (κ1) is 16.2. The van der Waals surface area contributed by atoms with Crippen LogP contribution >= 0.6 is 22.9 Å². The summed E-state index contributed by atoms with van der Waals surface area (Å²) in [5.74, 6) is 0.730. The summed E-state index contributed by atoms with van der Waals surface area (Å²) >= 11 is 7.67. The zero-order valence-corrected chi connectivity index (χ0v) is 15.6. The molecule has 0 radical (unpaired) electrons. The molecule has 0 saturated heterocycles. The van der Waals surface area contributed by atoms with Crippen molar-refractivity contribution in [3.05, 3.63) is 70.8 Å². The molecule has 0 aliphatic heterocycles. The highest BCUT2D eigenvalue weighted by molar-refractivity contribution is 7.19. The van der Waals surface area contributed by atoms with E-state index >= 15 is 0 Å². The topological polar surface area (TPSA) is 68.5 Å². The molecule has 0 bridgehead atoms. The van der Waals surface area contributed by atoms with Gasteiger partial charge in [0.15, 0.2) is 5.65 Å². The maximum absolute atomic E-state index is 5.94.